The number of nitrogens with one attached hydrogen (secondary N) is 3. The Labute approximate surface area is 211 Å². The number of carbonyl (C=O) groups is 4. The molecule has 0 bridgehead atoms. The van der Waals surface area contributed by atoms with Crippen LogP contribution in [0, 0.1) is 11.8 Å². The Hall–Kier alpha value is -0.940. The molecule has 1 unspecified atom stereocenters. The van der Waals surface area contributed by atoms with E-state index >= 15 is 0 Å². The SMILES string of the molecule is CC(C)CC(CC(=O)NO)C(=O)N[C@@H](C)C1=[CH][In]([C](=O)N[C@@H](C)C2=[CH][In]([C](N)=O)[CH2]C2)[CH2]C1. The van der Waals surface area contributed by atoms with Crippen molar-refractivity contribution in [3.8, 4) is 0 Å². The Balaban J connectivity index is 1.93. The minimum atomic E-state index is -2.60. The van der Waals surface area contributed by atoms with E-state index in [0.29, 0.717) is 6.42 Å². The summed E-state index contributed by atoms with van der Waals surface area (Å²) in [5.74, 6) is -1.06. The third-order valence-corrected chi connectivity index (χ3v) is 21.0. The molecule has 0 fully saturated rings. The predicted octanol–water partition coefficient (Wildman–Crippen LogP) is 2.12. The van der Waals surface area contributed by atoms with Gasteiger partial charge in [0.25, 0.3) is 0 Å². The van der Waals surface area contributed by atoms with E-state index in [1.807, 2.05) is 27.7 Å². The number of hydroxylamine groups is 1. The van der Waals surface area contributed by atoms with Gasteiger partial charge in [-0.1, -0.05) is 0 Å². The van der Waals surface area contributed by atoms with E-state index in [-0.39, 0.29) is 37.7 Å². The molecule has 2 heterocycles. The Morgan fingerprint density at radius 2 is 1.52 bits per heavy atom. The van der Waals surface area contributed by atoms with Gasteiger partial charge >= 0.3 is 213 Å². The van der Waals surface area contributed by atoms with Crippen LogP contribution >= 0.6 is 0 Å². The zero-order valence-corrected chi connectivity index (χ0v) is 26.6. The Kier molecular flexibility index (Phi) is 11.3. The molecule has 0 aromatic rings. The number of hydrogen-bond donors (Lipinski definition) is 5. The van der Waals surface area contributed by atoms with Crippen molar-refractivity contribution in [2.24, 2.45) is 17.6 Å². The second kappa shape index (κ2) is 13.2. The molecule has 4 amide bonds. The van der Waals surface area contributed by atoms with E-state index in [1.165, 1.54) is 0 Å². The minimum absolute atomic E-state index is 0.0562. The zero-order valence-electron chi connectivity index (χ0n) is 20.0. The van der Waals surface area contributed by atoms with Crippen LogP contribution in [0.2, 0.25) is 8.35 Å². The standard InChI is InChI=1S/C14H24N2O3.C7H10NO.CH2NO.2In/c1-6-10(4)11(5)15-14(18)12(7-9(2)3)8-13(17)16-19;1-4-6(2)7(3)8-5-9;2-1-3;;/h4,9,11-12,19H,1,6-8H2,2-3,5H3,(H,15,18)(H,16,17);2,7H,1,4H2,3H3,(H,8,9);(H2,2,3);;/t11-,12?;7-;;;/m00.../s1. The molecule has 6 N–H and O–H groups in total. The predicted molar refractivity (Wildman–Crippen MR) is 129 cm³/mol. The van der Waals surface area contributed by atoms with Crippen LogP contribution in [0.5, 0.6) is 0 Å². The number of hydrogen-bond acceptors (Lipinski definition) is 5. The van der Waals surface area contributed by atoms with Crippen LogP contribution < -0.4 is 21.8 Å². The number of amides is 4. The van der Waals surface area contributed by atoms with Gasteiger partial charge in [0, 0.05) is 0 Å². The second-order valence-corrected chi connectivity index (χ2v) is 24.9. The summed E-state index contributed by atoms with van der Waals surface area (Å²) in [6, 6.07) is -0.251. The van der Waals surface area contributed by atoms with Crippen molar-refractivity contribution in [3.05, 3.63) is 18.8 Å². The fourth-order valence-electron chi connectivity index (χ4n) is 4.61. The van der Waals surface area contributed by atoms with Crippen LogP contribution in [0.3, 0.4) is 0 Å². The van der Waals surface area contributed by atoms with Gasteiger partial charge < -0.3 is 0 Å². The molecule has 2 aliphatic rings. The number of carbonyl (C=O) groups excluding carboxylic acids is 4. The van der Waals surface area contributed by atoms with Crippen LogP contribution in [0.4, 0.5) is 9.59 Å². The fourth-order valence-corrected chi connectivity index (χ4v) is 18.6. The number of primary amides is 1. The molecule has 3 atom stereocenters. The first-order valence-corrected chi connectivity index (χ1v) is 23.5. The summed E-state index contributed by atoms with van der Waals surface area (Å²) in [6.07, 6.45) is 2.15. The van der Waals surface area contributed by atoms with E-state index in [1.54, 1.807) is 5.48 Å². The van der Waals surface area contributed by atoms with Gasteiger partial charge in [0.15, 0.2) is 0 Å². The first kappa shape index (κ1) is 28.3. The van der Waals surface area contributed by atoms with E-state index < -0.39 is 54.7 Å². The van der Waals surface area contributed by atoms with E-state index in [9.17, 15) is 19.2 Å². The summed E-state index contributed by atoms with van der Waals surface area (Å²) in [7, 11) is 0. The van der Waals surface area contributed by atoms with Crippen molar-refractivity contribution < 1.29 is 24.4 Å². The quantitative estimate of drug-likeness (QED) is 0.169. The van der Waals surface area contributed by atoms with Crippen molar-refractivity contribution in [1.82, 2.24) is 16.1 Å². The molecule has 0 saturated heterocycles. The van der Waals surface area contributed by atoms with Gasteiger partial charge in [-0.25, -0.2) is 0 Å². The van der Waals surface area contributed by atoms with Gasteiger partial charge in [0.1, 0.15) is 0 Å². The van der Waals surface area contributed by atoms with Gasteiger partial charge in [-0.2, -0.15) is 0 Å². The maximum atomic E-state index is 12.9. The van der Waals surface area contributed by atoms with Crippen LogP contribution in [0.15, 0.2) is 18.8 Å². The molecule has 33 heavy (non-hydrogen) atoms. The second-order valence-electron chi connectivity index (χ2n) is 9.70. The molecule has 0 aromatic carbocycles. The van der Waals surface area contributed by atoms with Gasteiger partial charge in [0.05, 0.1) is 0 Å². The zero-order chi connectivity index (χ0) is 24.7. The first-order chi connectivity index (χ1) is 15.5. The third kappa shape index (κ3) is 8.65. The topological polar surface area (TPSA) is 151 Å². The van der Waals surface area contributed by atoms with E-state index in [2.05, 4.69) is 18.3 Å². The van der Waals surface area contributed by atoms with Crippen LogP contribution in [-0.2, 0) is 9.59 Å². The molecule has 0 radical (unpaired) electrons. The Bertz CT molecular complexity index is 830. The summed E-state index contributed by atoms with van der Waals surface area (Å²) in [4.78, 5) is 48.7. The summed E-state index contributed by atoms with van der Waals surface area (Å²) in [6.45, 7) is 7.86. The van der Waals surface area contributed by atoms with Gasteiger partial charge in [-0.05, 0) is 0 Å². The van der Waals surface area contributed by atoms with Gasteiger partial charge in [0.2, 0.25) is 0 Å². The van der Waals surface area contributed by atoms with Crippen molar-refractivity contribution >= 4 is 62.0 Å². The molecule has 9 nitrogen and oxygen atoms in total. The molecular formula is C22H36In2N4O5. The molecule has 2 aliphatic heterocycles. The summed E-state index contributed by atoms with van der Waals surface area (Å²) >= 11 is -4.98. The number of nitrogens with two attached hydrogens (primary N) is 1. The van der Waals surface area contributed by atoms with Gasteiger partial charge in [-0.15, -0.1) is 0 Å². The van der Waals surface area contributed by atoms with Gasteiger partial charge in [-0.3, -0.25) is 0 Å². The average Bonchev–Trinajstić information content (AvgIpc) is 3.42. The molecule has 0 aliphatic carbocycles. The molecule has 180 valence electrons. The Morgan fingerprint density at radius 1 is 0.970 bits per heavy atom. The average molecular weight is 666 g/mol. The maximum absolute atomic E-state index is 12.9. The fraction of sp³-hybridized carbons (Fsp3) is 0.636. The monoisotopic (exact) mass is 666 g/mol. The van der Waals surface area contributed by atoms with Crippen LogP contribution in [0.1, 0.15) is 53.4 Å². The van der Waals surface area contributed by atoms with Crippen molar-refractivity contribution in [3.63, 3.8) is 0 Å². The van der Waals surface area contributed by atoms with Crippen molar-refractivity contribution in [2.75, 3.05) is 0 Å². The van der Waals surface area contributed by atoms with Crippen molar-refractivity contribution in [2.45, 2.75) is 73.8 Å². The van der Waals surface area contributed by atoms with E-state index in [0.717, 1.165) is 32.3 Å². The molecule has 0 saturated carbocycles. The summed E-state index contributed by atoms with van der Waals surface area (Å²) in [5.41, 5.74) is 9.32. The first-order valence-electron chi connectivity index (χ1n) is 11.8. The van der Waals surface area contributed by atoms with Crippen LogP contribution in [0.25, 0.3) is 0 Å². The Morgan fingerprint density at radius 3 is 2.03 bits per heavy atom. The normalized spacial score (nSPS) is 18.4. The number of rotatable bonds is 11. The molecular weight excluding hydrogens is 630 g/mol. The summed E-state index contributed by atoms with van der Waals surface area (Å²) in [5, 5.41) is 15.0. The van der Waals surface area contributed by atoms with Crippen molar-refractivity contribution in [1.29, 1.82) is 0 Å². The molecule has 2 rings (SSSR count). The summed E-state index contributed by atoms with van der Waals surface area (Å²) < 4.78 is 6.09. The third-order valence-electron chi connectivity index (χ3n) is 6.53. The van der Waals surface area contributed by atoms with Crippen LogP contribution in [-0.4, -0.2) is 79.3 Å². The molecule has 0 spiro atoms. The molecule has 11 heteroatoms. The van der Waals surface area contributed by atoms with E-state index in [4.69, 9.17) is 10.9 Å². The molecule has 0 aromatic heterocycles.